The number of carbonyl (C=O) groups is 1. The summed E-state index contributed by atoms with van der Waals surface area (Å²) in [4.78, 5) is 14.4. The van der Waals surface area contributed by atoms with Gasteiger partial charge in [0.25, 0.3) is 0 Å². The van der Waals surface area contributed by atoms with Gasteiger partial charge in [-0.05, 0) is 38.9 Å². The highest BCUT2D eigenvalue weighted by Gasteiger charge is 2.24. The maximum atomic E-state index is 12.3. The molecule has 98 valence electrons. The van der Waals surface area contributed by atoms with Crippen molar-refractivity contribution in [3.63, 3.8) is 0 Å². The van der Waals surface area contributed by atoms with Crippen molar-refractivity contribution < 1.29 is 9.53 Å². The lowest BCUT2D eigenvalue weighted by atomic mass is 9.91. The van der Waals surface area contributed by atoms with Crippen LogP contribution in [0.15, 0.2) is 24.3 Å². The van der Waals surface area contributed by atoms with E-state index in [1.807, 2.05) is 38.2 Å². The Balaban J connectivity index is 2.03. The third-order valence-electron chi connectivity index (χ3n) is 3.58. The number of Topliss-reactive ketones (excluding diaryl/α,β-unsaturated/α-hetero) is 1. The molecule has 0 amide bonds. The van der Waals surface area contributed by atoms with Gasteiger partial charge in [0, 0.05) is 6.04 Å². The summed E-state index contributed by atoms with van der Waals surface area (Å²) >= 11 is 0. The van der Waals surface area contributed by atoms with Crippen LogP contribution in [0.25, 0.3) is 0 Å². The zero-order chi connectivity index (χ0) is 13.0. The first-order chi connectivity index (χ1) is 8.72. The van der Waals surface area contributed by atoms with Gasteiger partial charge in [0.05, 0.1) is 18.7 Å². The molecule has 0 bridgehead atoms. The summed E-state index contributed by atoms with van der Waals surface area (Å²) in [6.07, 6.45) is 3.73. The molecule has 0 spiro atoms. The molecule has 0 N–H and O–H groups in total. The second kappa shape index (κ2) is 6.01. The van der Waals surface area contributed by atoms with Crippen LogP contribution < -0.4 is 4.74 Å². The standard InChI is InChI=1S/C15H21NO2/c1-3-18-15-10-5-4-9-13(15)14(17)11-16(2)12-7-6-8-12/h4-5,9-10,12H,3,6-8,11H2,1-2H3. The van der Waals surface area contributed by atoms with Crippen molar-refractivity contribution in [1.82, 2.24) is 4.90 Å². The third-order valence-corrected chi connectivity index (χ3v) is 3.58. The summed E-state index contributed by atoms with van der Waals surface area (Å²) in [6, 6.07) is 8.09. The van der Waals surface area contributed by atoms with Crippen molar-refractivity contribution in [3.05, 3.63) is 29.8 Å². The summed E-state index contributed by atoms with van der Waals surface area (Å²) in [7, 11) is 2.03. The third kappa shape index (κ3) is 2.91. The summed E-state index contributed by atoms with van der Waals surface area (Å²) in [6.45, 7) is 3.00. The molecule has 3 heteroatoms. The van der Waals surface area contributed by atoms with Crippen molar-refractivity contribution in [1.29, 1.82) is 0 Å². The van der Waals surface area contributed by atoms with Gasteiger partial charge in [-0.1, -0.05) is 18.6 Å². The van der Waals surface area contributed by atoms with Gasteiger partial charge in [0.2, 0.25) is 0 Å². The zero-order valence-electron chi connectivity index (χ0n) is 11.2. The largest absolute Gasteiger partial charge is 0.493 e. The lowest BCUT2D eigenvalue weighted by Gasteiger charge is -2.34. The Kier molecular flexibility index (Phi) is 4.37. The van der Waals surface area contributed by atoms with Crippen LogP contribution >= 0.6 is 0 Å². The Labute approximate surface area is 109 Å². The summed E-state index contributed by atoms with van der Waals surface area (Å²) in [5.41, 5.74) is 0.700. The van der Waals surface area contributed by atoms with E-state index in [-0.39, 0.29) is 5.78 Å². The molecule has 18 heavy (non-hydrogen) atoms. The van der Waals surface area contributed by atoms with Gasteiger partial charge < -0.3 is 4.74 Å². The van der Waals surface area contributed by atoms with E-state index in [0.29, 0.717) is 30.5 Å². The number of ketones is 1. The highest BCUT2D eigenvalue weighted by Crippen LogP contribution is 2.24. The minimum Gasteiger partial charge on any atom is -0.493 e. The average molecular weight is 247 g/mol. The molecule has 0 unspecified atom stereocenters. The van der Waals surface area contributed by atoms with Crippen molar-refractivity contribution in [2.24, 2.45) is 0 Å². The number of nitrogens with zero attached hydrogens (tertiary/aromatic N) is 1. The molecule has 3 nitrogen and oxygen atoms in total. The molecule has 1 aromatic carbocycles. The molecule has 0 heterocycles. The number of benzene rings is 1. The predicted octanol–water partition coefficient (Wildman–Crippen LogP) is 2.75. The van der Waals surface area contributed by atoms with E-state index in [2.05, 4.69) is 4.90 Å². The van der Waals surface area contributed by atoms with Crippen molar-refractivity contribution in [3.8, 4) is 5.75 Å². The lowest BCUT2D eigenvalue weighted by Crippen LogP contribution is -2.40. The fraction of sp³-hybridized carbons (Fsp3) is 0.533. The molecule has 1 aromatic rings. The van der Waals surface area contributed by atoms with Crippen LogP contribution in [0.2, 0.25) is 0 Å². The Bertz CT molecular complexity index is 413. The van der Waals surface area contributed by atoms with Crippen LogP contribution in [0.4, 0.5) is 0 Å². The summed E-state index contributed by atoms with van der Waals surface area (Å²) in [5.74, 6) is 0.848. The topological polar surface area (TPSA) is 29.5 Å². The molecule has 0 atom stereocenters. The number of likely N-dealkylation sites (N-methyl/N-ethyl adjacent to an activating group) is 1. The van der Waals surface area contributed by atoms with E-state index in [4.69, 9.17) is 4.74 Å². The van der Waals surface area contributed by atoms with Crippen molar-refractivity contribution >= 4 is 5.78 Å². The quantitative estimate of drug-likeness (QED) is 0.724. The second-order valence-electron chi connectivity index (χ2n) is 4.85. The van der Waals surface area contributed by atoms with Crippen LogP contribution in [-0.2, 0) is 0 Å². The van der Waals surface area contributed by atoms with Gasteiger partial charge >= 0.3 is 0 Å². The highest BCUT2D eigenvalue weighted by molar-refractivity contribution is 6.00. The molecule has 1 aliphatic carbocycles. The maximum absolute atomic E-state index is 12.3. The maximum Gasteiger partial charge on any atom is 0.180 e. The fourth-order valence-electron chi connectivity index (χ4n) is 2.25. The van der Waals surface area contributed by atoms with E-state index in [1.165, 1.54) is 19.3 Å². The van der Waals surface area contributed by atoms with E-state index in [0.717, 1.165) is 0 Å². The van der Waals surface area contributed by atoms with Crippen LogP contribution in [0, 0.1) is 0 Å². The van der Waals surface area contributed by atoms with E-state index >= 15 is 0 Å². The Hall–Kier alpha value is -1.35. The SMILES string of the molecule is CCOc1ccccc1C(=O)CN(C)C1CCC1. The van der Waals surface area contributed by atoms with E-state index < -0.39 is 0 Å². The van der Waals surface area contributed by atoms with E-state index in [1.54, 1.807) is 0 Å². The molecule has 1 aliphatic rings. The van der Waals surface area contributed by atoms with Crippen molar-refractivity contribution in [2.45, 2.75) is 32.2 Å². The first-order valence-corrected chi connectivity index (χ1v) is 6.67. The van der Waals surface area contributed by atoms with Gasteiger partial charge in [0.1, 0.15) is 5.75 Å². The smallest absolute Gasteiger partial charge is 0.180 e. The summed E-state index contributed by atoms with van der Waals surface area (Å²) in [5, 5.41) is 0. The molecule has 0 aromatic heterocycles. The Morgan fingerprint density at radius 2 is 2.11 bits per heavy atom. The number of ether oxygens (including phenoxy) is 1. The van der Waals surface area contributed by atoms with Gasteiger partial charge in [-0.25, -0.2) is 0 Å². The van der Waals surface area contributed by atoms with Gasteiger partial charge in [0.15, 0.2) is 5.78 Å². The predicted molar refractivity (Wildman–Crippen MR) is 72.2 cm³/mol. The minimum absolute atomic E-state index is 0.147. The molecule has 1 fully saturated rings. The number of rotatable bonds is 6. The average Bonchev–Trinajstić information content (AvgIpc) is 2.27. The van der Waals surface area contributed by atoms with Crippen molar-refractivity contribution in [2.75, 3.05) is 20.2 Å². The minimum atomic E-state index is 0.147. The Morgan fingerprint density at radius 3 is 2.72 bits per heavy atom. The lowest BCUT2D eigenvalue weighted by molar-refractivity contribution is 0.0867. The molecule has 2 rings (SSSR count). The van der Waals surface area contributed by atoms with Gasteiger partial charge in [-0.3, -0.25) is 9.69 Å². The monoisotopic (exact) mass is 247 g/mol. The molecular formula is C15H21NO2. The van der Waals surface area contributed by atoms with Gasteiger partial charge in [-0.2, -0.15) is 0 Å². The number of hydrogen-bond acceptors (Lipinski definition) is 3. The molecule has 0 saturated heterocycles. The van der Waals surface area contributed by atoms with Crippen LogP contribution in [0.3, 0.4) is 0 Å². The number of carbonyl (C=O) groups excluding carboxylic acids is 1. The fourth-order valence-corrected chi connectivity index (χ4v) is 2.25. The first-order valence-electron chi connectivity index (χ1n) is 6.67. The Morgan fingerprint density at radius 1 is 1.39 bits per heavy atom. The van der Waals surface area contributed by atoms with Crippen LogP contribution in [-0.4, -0.2) is 36.9 Å². The second-order valence-corrected chi connectivity index (χ2v) is 4.85. The summed E-state index contributed by atoms with van der Waals surface area (Å²) < 4.78 is 5.50. The van der Waals surface area contributed by atoms with Crippen LogP contribution in [0.1, 0.15) is 36.5 Å². The molecule has 1 saturated carbocycles. The molecule has 0 aliphatic heterocycles. The molecule has 0 radical (unpaired) electrons. The van der Waals surface area contributed by atoms with Gasteiger partial charge in [-0.15, -0.1) is 0 Å². The van der Waals surface area contributed by atoms with E-state index in [9.17, 15) is 4.79 Å². The molecular weight excluding hydrogens is 226 g/mol. The highest BCUT2D eigenvalue weighted by atomic mass is 16.5. The normalized spacial score (nSPS) is 15.5. The zero-order valence-corrected chi connectivity index (χ0v) is 11.2. The first kappa shape index (κ1) is 13.1. The number of para-hydroxylation sites is 1. The number of hydrogen-bond donors (Lipinski definition) is 0. The van der Waals surface area contributed by atoms with Crippen LogP contribution in [0.5, 0.6) is 5.75 Å².